The number of para-hydroxylation sites is 1. The summed E-state index contributed by atoms with van der Waals surface area (Å²) in [5.74, 6) is 0. The Bertz CT molecular complexity index is 1000. The van der Waals surface area contributed by atoms with E-state index in [2.05, 4.69) is 27.3 Å². The highest BCUT2D eigenvalue weighted by molar-refractivity contribution is 7.12. The van der Waals surface area contributed by atoms with E-state index >= 15 is 0 Å². The van der Waals surface area contributed by atoms with E-state index in [1.807, 2.05) is 54.0 Å². The summed E-state index contributed by atoms with van der Waals surface area (Å²) < 4.78 is 1.59. The molecule has 0 radical (unpaired) electrons. The van der Waals surface area contributed by atoms with Crippen LogP contribution in [0.15, 0.2) is 76.4 Å². The average molecular weight is 335 g/mol. The SMILES string of the molecule is CO[n+]1ccsc1N=Nc1c(-c2ccccc2)[nH]c2ccccc12. The summed E-state index contributed by atoms with van der Waals surface area (Å²) in [6.45, 7) is 0. The van der Waals surface area contributed by atoms with Gasteiger partial charge in [-0.2, -0.15) is 0 Å². The van der Waals surface area contributed by atoms with Gasteiger partial charge in [-0.1, -0.05) is 48.5 Å². The Morgan fingerprint density at radius 2 is 1.79 bits per heavy atom. The second kappa shape index (κ2) is 6.25. The van der Waals surface area contributed by atoms with Crippen LogP contribution in [0.25, 0.3) is 22.2 Å². The fourth-order valence-corrected chi connectivity index (χ4v) is 3.23. The molecule has 0 aliphatic heterocycles. The number of thiazole rings is 1. The number of fused-ring (bicyclic) bond motifs is 1. The number of hydrogen-bond acceptors (Lipinski definition) is 4. The summed E-state index contributed by atoms with van der Waals surface area (Å²) in [5.41, 5.74) is 3.90. The van der Waals surface area contributed by atoms with Gasteiger partial charge >= 0.3 is 5.13 Å². The van der Waals surface area contributed by atoms with Crippen molar-refractivity contribution < 1.29 is 9.57 Å². The first-order valence-corrected chi connectivity index (χ1v) is 8.36. The molecule has 0 saturated carbocycles. The zero-order valence-corrected chi connectivity index (χ0v) is 13.8. The highest BCUT2D eigenvalue weighted by Gasteiger charge is 2.17. The Labute approximate surface area is 142 Å². The summed E-state index contributed by atoms with van der Waals surface area (Å²) in [7, 11) is 1.60. The molecule has 0 bridgehead atoms. The van der Waals surface area contributed by atoms with Gasteiger partial charge in [0.05, 0.1) is 10.8 Å². The third-order valence-electron chi connectivity index (χ3n) is 3.73. The molecule has 0 unspecified atom stereocenters. The van der Waals surface area contributed by atoms with Crippen LogP contribution < -0.4 is 9.57 Å². The van der Waals surface area contributed by atoms with Crippen LogP contribution in [0.4, 0.5) is 10.8 Å². The Hall–Kier alpha value is -2.99. The molecular formula is C18H15N4OS+. The van der Waals surface area contributed by atoms with E-state index in [9.17, 15) is 0 Å². The van der Waals surface area contributed by atoms with Gasteiger partial charge in [0, 0.05) is 21.8 Å². The number of nitrogens with one attached hydrogen (secondary N) is 1. The zero-order valence-electron chi connectivity index (χ0n) is 13.0. The van der Waals surface area contributed by atoms with Crippen molar-refractivity contribution in [2.75, 3.05) is 7.11 Å². The molecule has 2 heterocycles. The summed E-state index contributed by atoms with van der Waals surface area (Å²) in [4.78, 5) is 8.67. The maximum atomic E-state index is 5.22. The monoisotopic (exact) mass is 335 g/mol. The molecule has 2 aromatic heterocycles. The van der Waals surface area contributed by atoms with Crippen LogP contribution in [0, 0.1) is 0 Å². The third kappa shape index (κ3) is 2.57. The molecule has 0 aliphatic carbocycles. The van der Waals surface area contributed by atoms with E-state index in [1.165, 1.54) is 11.3 Å². The molecule has 24 heavy (non-hydrogen) atoms. The first-order chi connectivity index (χ1) is 11.9. The van der Waals surface area contributed by atoms with Gasteiger partial charge in [-0.15, -0.1) is 0 Å². The fraction of sp³-hybridized carbons (Fsp3) is 0.0556. The highest BCUT2D eigenvalue weighted by atomic mass is 32.1. The summed E-state index contributed by atoms with van der Waals surface area (Å²) in [6, 6.07) is 18.2. The molecule has 118 valence electrons. The molecule has 6 heteroatoms. The van der Waals surface area contributed by atoms with Crippen LogP contribution in [0.2, 0.25) is 0 Å². The zero-order chi connectivity index (χ0) is 16.4. The van der Waals surface area contributed by atoms with Crippen LogP contribution in [-0.2, 0) is 0 Å². The lowest BCUT2D eigenvalue weighted by molar-refractivity contribution is -0.872. The van der Waals surface area contributed by atoms with Crippen LogP contribution in [-0.4, -0.2) is 12.1 Å². The van der Waals surface area contributed by atoms with Crippen molar-refractivity contribution in [1.29, 1.82) is 0 Å². The summed E-state index contributed by atoms with van der Waals surface area (Å²) >= 11 is 1.47. The van der Waals surface area contributed by atoms with Crippen molar-refractivity contribution in [3.63, 3.8) is 0 Å². The van der Waals surface area contributed by atoms with Gasteiger partial charge in [-0.25, -0.2) is 0 Å². The van der Waals surface area contributed by atoms with Gasteiger partial charge in [0.2, 0.25) is 0 Å². The van der Waals surface area contributed by atoms with Gasteiger partial charge in [0.1, 0.15) is 19.0 Å². The van der Waals surface area contributed by atoms with E-state index in [0.29, 0.717) is 5.13 Å². The van der Waals surface area contributed by atoms with Gasteiger partial charge < -0.3 is 9.82 Å². The Balaban J connectivity index is 1.87. The van der Waals surface area contributed by atoms with Crippen molar-refractivity contribution in [2.24, 2.45) is 10.2 Å². The number of aromatic nitrogens is 2. The molecule has 0 amide bonds. The predicted molar refractivity (Wildman–Crippen MR) is 94.9 cm³/mol. The minimum atomic E-state index is 0.682. The molecule has 0 aliphatic rings. The fourth-order valence-electron chi connectivity index (χ4n) is 2.61. The van der Waals surface area contributed by atoms with Gasteiger partial charge in [0.25, 0.3) is 0 Å². The molecule has 0 fully saturated rings. The maximum Gasteiger partial charge on any atom is 0.446 e. The van der Waals surface area contributed by atoms with E-state index < -0.39 is 0 Å². The number of benzene rings is 2. The lowest BCUT2D eigenvalue weighted by atomic mass is 10.1. The second-order valence-corrected chi connectivity index (χ2v) is 6.03. The molecule has 0 atom stereocenters. The third-order valence-corrected chi connectivity index (χ3v) is 4.46. The Kier molecular flexibility index (Phi) is 3.80. The van der Waals surface area contributed by atoms with Gasteiger partial charge in [0.15, 0.2) is 0 Å². The van der Waals surface area contributed by atoms with Crippen molar-refractivity contribution in [2.45, 2.75) is 0 Å². The van der Waals surface area contributed by atoms with E-state index in [0.717, 1.165) is 27.8 Å². The molecule has 1 N–H and O–H groups in total. The molecule has 2 aromatic carbocycles. The van der Waals surface area contributed by atoms with Crippen molar-refractivity contribution in [3.8, 4) is 11.3 Å². The highest BCUT2D eigenvalue weighted by Crippen LogP contribution is 2.37. The predicted octanol–water partition coefficient (Wildman–Crippen LogP) is 4.66. The Morgan fingerprint density at radius 3 is 2.62 bits per heavy atom. The normalized spacial score (nSPS) is 11.4. The smallest absolute Gasteiger partial charge is 0.353 e. The standard InChI is InChI=1S/C18H14N4OS/c1-23-22-11-12-24-18(22)21-20-17-14-9-5-6-10-15(14)19-16(17)13-7-3-2-4-8-13/h2-12H,1H3/p+1. The summed E-state index contributed by atoms with van der Waals surface area (Å²) in [5, 5.41) is 12.5. The van der Waals surface area contributed by atoms with Gasteiger partial charge in [-0.05, 0) is 27.2 Å². The first kappa shape index (κ1) is 14.6. The van der Waals surface area contributed by atoms with Crippen molar-refractivity contribution >= 4 is 33.1 Å². The molecule has 4 aromatic rings. The van der Waals surface area contributed by atoms with Crippen LogP contribution in [0.5, 0.6) is 0 Å². The molecule has 0 saturated heterocycles. The average Bonchev–Trinajstić information content (AvgIpc) is 3.24. The molecule has 0 spiro atoms. The summed E-state index contributed by atoms with van der Waals surface area (Å²) in [6.07, 6.45) is 1.81. The minimum Gasteiger partial charge on any atom is -0.353 e. The lowest BCUT2D eigenvalue weighted by Gasteiger charge is -1.97. The topological polar surface area (TPSA) is 53.6 Å². The van der Waals surface area contributed by atoms with Crippen molar-refractivity contribution in [3.05, 3.63) is 66.2 Å². The van der Waals surface area contributed by atoms with E-state index in [4.69, 9.17) is 4.84 Å². The maximum absolute atomic E-state index is 5.22. The van der Waals surface area contributed by atoms with Crippen LogP contribution in [0.3, 0.4) is 0 Å². The van der Waals surface area contributed by atoms with E-state index in [-0.39, 0.29) is 0 Å². The number of H-pyrrole nitrogens is 1. The Morgan fingerprint density at radius 1 is 1.00 bits per heavy atom. The van der Waals surface area contributed by atoms with Gasteiger partial charge in [-0.3, -0.25) is 0 Å². The van der Waals surface area contributed by atoms with E-state index in [1.54, 1.807) is 11.8 Å². The van der Waals surface area contributed by atoms with Crippen molar-refractivity contribution in [1.82, 2.24) is 4.98 Å². The number of azo groups is 1. The second-order valence-electron chi connectivity index (χ2n) is 5.15. The largest absolute Gasteiger partial charge is 0.446 e. The number of hydrogen-bond donors (Lipinski definition) is 1. The molecular weight excluding hydrogens is 320 g/mol. The lowest BCUT2D eigenvalue weighted by Crippen LogP contribution is -2.37. The number of nitrogens with zero attached hydrogens (tertiary/aromatic N) is 3. The molecule has 4 rings (SSSR count). The van der Waals surface area contributed by atoms with Crippen LogP contribution >= 0.6 is 11.3 Å². The van der Waals surface area contributed by atoms with Crippen LogP contribution in [0.1, 0.15) is 0 Å². The number of aromatic amines is 1. The first-order valence-electron chi connectivity index (χ1n) is 7.48. The number of rotatable bonds is 4. The molecule has 5 nitrogen and oxygen atoms in total. The minimum absolute atomic E-state index is 0.682. The quantitative estimate of drug-likeness (QED) is 0.428.